The molecule has 0 saturated heterocycles. The molecular weight excluding hydrogens is 246 g/mol. The molecule has 0 aliphatic carbocycles. The average molecular weight is 261 g/mol. The first kappa shape index (κ1) is 12.0. The fourth-order valence-corrected chi connectivity index (χ4v) is 2.29. The lowest BCUT2D eigenvalue weighted by molar-refractivity contribution is 0.0449. The number of hydrogen-bond acceptors (Lipinski definition) is 4. The number of carbonyl (C=O) groups is 1. The summed E-state index contributed by atoms with van der Waals surface area (Å²) in [6, 6.07) is 3.60. The van der Waals surface area contributed by atoms with E-state index >= 15 is 0 Å². The zero-order valence-electron chi connectivity index (χ0n) is 10.7. The summed E-state index contributed by atoms with van der Waals surface area (Å²) in [6.45, 7) is 1.74. The SMILES string of the molecule is CO[C@@H]1CN(C(=O)c2ccoc2)Cc2ccnn2C1. The number of carbonyl (C=O) groups excluding carboxylic acids is 1. The van der Waals surface area contributed by atoms with E-state index in [-0.39, 0.29) is 12.0 Å². The van der Waals surface area contributed by atoms with E-state index in [4.69, 9.17) is 9.15 Å². The predicted molar refractivity (Wildman–Crippen MR) is 66.5 cm³/mol. The molecule has 6 heteroatoms. The van der Waals surface area contributed by atoms with E-state index < -0.39 is 0 Å². The third kappa shape index (κ3) is 2.26. The molecule has 0 unspecified atom stereocenters. The molecule has 0 saturated carbocycles. The van der Waals surface area contributed by atoms with Gasteiger partial charge in [0.1, 0.15) is 6.26 Å². The molecule has 1 aliphatic rings. The second kappa shape index (κ2) is 4.89. The maximum atomic E-state index is 12.4. The number of fused-ring (bicyclic) bond motifs is 1. The fraction of sp³-hybridized carbons (Fsp3) is 0.385. The number of nitrogens with zero attached hydrogens (tertiary/aromatic N) is 3. The maximum Gasteiger partial charge on any atom is 0.257 e. The van der Waals surface area contributed by atoms with Crippen molar-refractivity contribution >= 4 is 5.91 Å². The lowest BCUT2D eigenvalue weighted by atomic mass is 10.2. The van der Waals surface area contributed by atoms with Gasteiger partial charge in [0.15, 0.2) is 0 Å². The Morgan fingerprint density at radius 2 is 2.37 bits per heavy atom. The molecular formula is C13H15N3O3. The zero-order valence-corrected chi connectivity index (χ0v) is 10.7. The van der Waals surface area contributed by atoms with Crippen LogP contribution in [0.1, 0.15) is 16.1 Å². The predicted octanol–water partition coefficient (Wildman–Crippen LogP) is 1.15. The summed E-state index contributed by atoms with van der Waals surface area (Å²) >= 11 is 0. The molecule has 19 heavy (non-hydrogen) atoms. The molecule has 100 valence electrons. The third-order valence-electron chi connectivity index (χ3n) is 3.35. The lowest BCUT2D eigenvalue weighted by Crippen LogP contribution is -2.36. The van der Waals surface area contributed by atoms with Crippen molar-refractivity contribution in [2.75, 3.05) is 13.7 Å². The molecule has 1 atom stereocenters. The van der Waals surface area contributed by atoms with Crippen LogP contribution in [0.25, 0.3) is 0 Å². The van der Waals surface area contributed by atoms with Crippen molar-refractivity contribution in [1.82, 2.24) is 14.7 Å². The highest BCUT2D eigenvalue weighted by Crippen LogP contribution is 2.16. The molecule has 1 amide bonds. The summed E-state index contributed by atoms with van der Waals surface area (Å²) in [4.78, 5) is 14.2. The summed E-state index contributed by atoms with van der Waals surface area (Å²) in [5.74, 6) is -0.0505. The van der Waals surface area contributed by atoms with Crippen LogP contribution < -0.4 is 0 Å². The largest absolute Gasteiger partial charge is 0.472 e. The Bertz CT molecular complexity index is 561. The van der Waals surface area contributed by atoms with E-state index in [1.54, 1.807) is 24.3 Å². The third-order valence-corrected chi connectivity index (χ3v) is 3.35. The van der Waals surface area contributed by atoms with Gasteiger partial charge < -0.3 is 14.1 Å². The molecule has 0 bridgehead atoms. The number of amides is 1. The Labute approximate surface area is 110 Å². The Morgan fingerprint density at radius 3 is 3.11 bits per heavy atom. The van der Waals surface area contributed by atoms with Gasteiger partial charge >= 0.3 is 0 Å². The second-order valence-corrected chi connectivity index (χ2v) is 4.56. The summed E-state index contributed by atoms with van der Waals surface area (Å²) in [5.41, 5.74) is 1.57. The molecule has 3 rings (SSSR count). The van der Waals surface area contributed by atoms with Gasteiger partial charge in [-0.2, -0.15) is 5.10 Å². The highest BCUT2D eigenvalue weighted by atomic mass is 16.5. The van der Waals surface area contributed by atoms with E-state index in [0.717, 1.165) is 5.69 Å². The van der Waals surface area contributed by atoms with Crippen molar-refractivity contribution in [3.63, 3.8) is 0 Å². The average Bonchev–Trinajstić information content (AvgIpc) is 3.06. The summed E-state index contributed by atoms with van der Waals surface area (Å²) < 4.78 is 12.3. The molecule has 1 aliphatic heterocycles. The van der Waals surface area contributed by atoms with Gasteiger partial charge in [0.25, 0.3) is 5.91 Å². The molecule has 6 nitrogen and oxygen atoms in total. The normalized spacial score (nSPS) is 19.0. The number of aromatic nitrogens is 2. The summed E-state index contributed by atoms with van der Waals surface area (Å²) in [5, 5.41) is 4.25. The van der Waals surface area contributed by atoms with E-state index in [9.17, 15) is 4.79 Å². The van der Waals surface area contributed by atoms with E-state index in [2.05, 4.69) is 5.10 Å². The fourth-order valence-electron chi connectivity index (χ4n) is 2.29. The van der Waals surface area contributed by atoms with Crippen LogP contribution in [0.3, 0.4) is 0 Å². The van der Waals surface area contributed by atoms with Crippen LogP contribution in [0.5, 0.6) is 0 Å². The van der Waals surface area contributed by atoms with Crippen molar-refractivity contribution in [3.05, 3.63) is 42.1 Å². The van der Waals surface area contributed by atoms with Gasteiger partial charge in [-0.3, -0.25) is 9.48 Å². The van der Waals surface area contributed by atoms with Gasteiger partial charge in [0.2, 0.25) is 0 Å². The van der Waals surface area contributed by atoms with Crippen molar-refractivity contribution in [3.8, 4) is 0 Å². The minimum Gasteiger partial charge on any atom is -0.472 e. The van der Waals surface area contributed by atoms with Crippen LogP contribution in [0, 0.1) is 0 Å². The molecule has 2 aromatic heterocycles. The number of rotatable bonds is 2. The first-order valence-electron chi connectivity index (χ1n) is 6.13. The Balaban J connectivity index is 1.87. The summed E-state index contributed by atoms with van der Waals surface area (Å²) in [6.07, 6.45) is 4.65. The van der Waals surface area contributed by atoms with Gasteiger partial charge in [-0.25, -0.2) is 0 Å². The lowest BCUT2D eigenvalue weighted by Gasteiger charge is -2.22. The van der Waals surface area contributed by atoms with Gasteiger partial charge in [-0.05, 0) is 12.1 Å². The van der Waals surface area contributed by atoms with E-state index in [0.29, 0.717) is 25.2 Å². The topological polar surface area (TPSA) is 60.5 Å². The Kier molecular flexibility index (Phi) is 3.08. The highest BCUT2D eigenvalue weighted by molar-refractivity contribution is 5.93. The minimum atomic E-state index is -0.0583. The van der Waals surface area contributed by atoms with Crippen molar-refractivity contribution in [2.24, 2.45) is 0 Å². The standard InChI is InChI=1S/C13H15N3O3/c1-18-12-7-15(13(17)10-3-5-19-9-10)6-11-2-4-14-16(11)8-12/h2-5,9,12H,6-8H2,1H3/t12-/m1/s1. The molecule has 3 heterocycles. The number of furan rings is 1. The summed E-state index contributed by atoms with van der Waals surface area (Å²) in [7, 11) is 1.65. The Morgan fingerprint density at radius 1 is 1.47 bits per heavy atom. The zero-order chi connectivity index (χ0) is 13.2. The first-order chi connectivity index (χ1) is 9.28. The quantitative estimate of drug-likeness (QED) is 0.813. The molecule has 0 N–H and O–H groups in total. The van der Waals surface area contributed by atoms with E-state index in [1.807, 2.05) is 10.7 Å². The van der Waals surface area contributed by atoms with Crippen LogP contribution in [-0.2, 0) is 17.8 Å². The molecule has 0 fully saturated rings. The van der Waals surface area contributed by atoms with Gasteiger partial charge in [0, 0.05) is 19.9 Å². The first-order valence-corrected chi connectivity index (χ1v) is 6.13. The maximum absolute atomic E-state index is 12.4. The van der Waals surface area contributed by atoms with Crippen molar-refractivity contribution in [2.45, 2.75) is 19.2 Å². The number of ether oxygens (including phenoxy) is 1. The monoisotopic (exact) mass is 261 g/mol. The van der Waals surface area contributed by atoms with Crippen LogP contribution >= 0.6 is 0 Å². The molecule has 0 spiro atoms. The smallest absolute Gasteiger partial charge is 0.257 e. The molecule has 0 aromatic carbocycles. The highest BCUT2D eigenvalue weighted by Gasteiger charge is 2.26. The van der Waals surface area contributed by atoms with Crippen LogP contribution in [-0.4, -0.2) is 40.3 Å². The van der Waals surface area contributed by atoms with Gasteiger partial charge in [-0.15, -0.1) is 0 Å². The van der Waals surface area contributed by atoms with Crippen LogP contribution in [0.15, 0.2) is 35.3 Å². The number of methoxy groups -OCH3 is 1. The van der Waals surface area contributed by atoms with E-state index in [1.165, 1.54) is 12.5 Å². The van der Waals surface area contributed by atoms with Crippen molar-refractivity contribution < 1.29 is 13.9 Å². The van der Waals surface area contributed by atoms with Gasteiger partial charge in [-0.1, -0.05) is 0 Å². The second-order valence-electron chi connectivity index (χ2n) is 4.56. The van der Waals surface area contributed by atoms with Crippen LogP contribution in [0.4, 0.5) is 0 Å². The van der Waals surface area contributed by atoms with Crippen LogP contribution in [0.2, 0.25) is 0 Å². The minimum absolute atomic E-state index is 0.0505. The number of hydrogen-bond donors (Lipinski definition) is 0. The molecule has 2 aromatic rings. The van der Waals surface area contributed by atoms with Crippen molar-refractivity contribution in [1.29, 1.82) is 0 Å². The Hall–Kier alpha value is -2.08. The molecule has 0 radical (unpaired) electrons. The van der Waals surface area contributed by atoms with Gasteiger partial charge in [0.05, 0.1) is 36.7 Å².